The zero-order valence-corrected chi connectivity index (χ0v) is 16.1. The number of anilines is 2. The summed E-state index contributed by atoms with van der Waals surface area (Å²) in [5.74, 6) is 0.224. The smallest absolute Gasteiger partial charge is 0.263 e. The SMILES string of the molecule is COc1ccccc1C(C)NC(=O)c1sc(Nc2ccc(F)cc2)nc1C. The van der Waals surface area contributed by atoms with Gasteiger partial charge in [0.05, 0.1) is 18.8 Å². The lowest BCUT2D eigenvalue weighted by Gasteiger charge is -2.16. The number of halogens is 1. The van der Waals surface area contributed by atoms with Crippen LogP contribution in [0.1, 0.15) is 33.9 Å². The van der Waals surface area contributed by atoms with E-state index >= 15 is 0 Å². The van der Waals surface area contributed by atoms with Crippen LogP contribution in [0.4, 0.5) is 15.2 Å². The number of hydrogen-bond acceptors (Lipinski definition) is 5. The number of nitrogens with zero attached hydrogens (tertiary/aromatic N) is 1. The quantitative estimate of drug-likeness (QED) is 0.638. The first-order valence-corrected chi connectivity index (χ1v) is 9.23. The Labute approximate surface area is 161 Å². The zero-order chi connectivity index (χ0) is 19.4. The predicted octanol–water partition coefficient (Wildman–Crippen LogP) is 4.83. The predicted molar refractivity (Wildman–Crippen MR) is 105 cm³/mol. The molecule has 0 bridgehead atoms. The molecule has 7 heteroatoms. The minimum Gasteiger partial charge on any atom is -0.496 e. The first kappa shape index (κ1) is 18.8. The van der Waals surface area contributed by atoms with Crippen LogP contribution in [0, 0.1) is 12.7 Å². The van der Waals surface area contributed by atoms with Crippen LogP contribution in [-0.2, 0) is 0 Å². The minimum absolute atomic E-state index is 0.199. The Hall–Kier alpha value is -2.93. The lowest BCUT2D eigenvalue weighted by atomic mass is 10.1. The summed E-state index contributed by atoms with van der Waals surface area (Å²) in [6.45, 7) is 3.69. The number of aromatic nitrogens is 1. The van der Waals surface area contributed by atoms with Gasteiger partial charge in [-0.05, 0) is 44.2 Å². The van der Waals surface area contributed by atoms with E-state index in [1.54, 1.807) is 26.2 Å². The van der Waals surface area contributed by atoms with Gasteiger partial charge < -0.3 is 15.4 Å². The molecule has 0 aliphatic carbocycles. The number of ether oxygens (including phenoxy) is 1. The van der Waals surface area contributed by atoms with Gasteiger partial charge in [0, 0.05) is 11.3 Å². The molecule has 2 aromatic carbocycles. The molecule has 1 unspecified atom stereocenters. The highest BCUT2D eigenvalue weighted by molar-refractivity contribution is 7.17. The summed E-state index contributed by atoms with van der Waals surface area (Å²) in [5.41, 5.74) is 2.24. The summed E-state index contributed by atoms with van der Waals surface area (Å²) in [6, 6.07) is 13.3. The van der Waals surface area contributed by atoms with Gasteiger partial charge in [-0.15, -0.1) is 0 Å². The number of nitrogens with one attached hydrogen (secondary N) is 2. The van der Waals surface area contributed by atoms with Crippen LogP contribution >= 0.6 is 11.3 Å². The van der Waals surface area contributed by atoms with Gasteiger partial charge in [-0.2, -0.15) is 0 Å². The van der Waals surface area contributed by atoms with E-state index < -0.39 is 0 Å². The van der Waals surface area contributed by atoms with Gasteiger partial charge in [-0.3, -0.25) is 4.79 Å². The third kappa shape index (κ3) is 4.43. The lowest BCUT2D eigenvalue weighted by Crippen LogP contribution is -2.26. The minimum atomic E-state index is -0.304. The average molecular weight is 385 g/mol. The van der Waals surface area contributed by atoms with Crippen molar-refractivity contribution in [2.75, 3.05) is 12.4 Å². The largest absolute Gasteiger partial charge is 0.496 e. The summed E-state index contributed by atoms with van der Waals surface area (Å²) in [6.07, 6.45) is 0. The van der Waals surface area contributed by atoms with Crippen LogP contribution in [0.5, 0.6) is 5.75 Å². The van der Waals surface area contributed by atoms with E-state index in [1.165, 1.54) is 23.5 Å². The maximum absolute atomic E-state index is 13.0. The van der Waals surface area contributed by atoms with Gasteiger partial charge in [0.2, 0.25) is 0 Å². The Kier molecular flexibility index (Phi) is 5.71. The van der Waals surface area contributed by atoms with Gasteiger partial charge in [-0.1, -0.05) is 29.5 Å². The summed E-state index contributed by atoms with van der Waals surface area (Å²) < 4.78 is 18.4. The fourth-order valence-corrected chi connectivity index (χ4v) is 3.57. The molecular formula is C20H20FN3O2S. The van der Waals surface area contributed by atoms with Crippen LogP contribution in [-0.4, -0.2) is 18.0 Å². The first-order valence-electron chi connectivity index (χ1n) is 8.41. The molecule has 3 rings (SSSR count). The maximum Gasteiger partial charge on any atom is 0.263 e. The number of rotatable bonds is 6. The van der Waals surface area contributed by atoms with E-state index in [1.807, 2.05) is 31.2 Å². The highest BCUT2D eigenvalue weighted by Crippen LogP contribution is 2.28. The van der Waals surface area contributed by atoms with E-state index in [9.17, 15) is 9.18 Å². The highest BCUT2D eigenvalue weighted by Gasteiger charge is 2.19. The van der Waals surface area contributed by atoms with Crippen molar-refractivity contribution in [1.29, 1.82) is 0 Å². The third-order valence-corrected chi connectivity index (χ3v) is 5.12. The number of carbonyl (C=O) groups excluding carboxylic acids is 1. The molecule has 0 aliphatic heterocycles. The Morgan fingerprint density at radius 1 is 1.19 bits per heavy atom. The van der Waals surface area contributed by atoms with Gasteiger partial charge in [0.25, 0.3) is 5.91 Å². The number of aryl methyl sites for hydroxylation is 1. The number of para-hydroxylation sites is 1. The molecule has 5 nitrogen and oxygen atoms in total. The van der Waals surface area contributed by atoms with E-state index in [-0.39, 0.29) is 17.8 Å². The van der Waals surface area contributed by atoms with E-state index in [4.69, 9.17) is 4.74 Å². The Balaban J connectivity index is 1.73. The molecule has 2 N–H and O–H groups in total. The zero-order valence-electron chi connectivity index (χ0n) is 15.2. The monoisotopic (exact) mass is 385 g/mol. The highest BCUT2D eigenvalue weighted by atomic mass is 32.1. The normalized spacial score (nSPS) is 11.7. The van der Waals surface area contributed by atoms with E-state index in [0.717, 1.165) is 11.3 Å². The molecule has 0 radical (unpaired) electrons. The molecule has 0 spiro atoms. The van der Waals surface area contributed by atoms with Crippen molar-refractivity contribution in [2.24, 2.45) is 0 Å². The summed E-state index contributed by atoms with van der Waals surface area (Å²) in [7, 11) is 1.61. The molecular weight excluding hydrogens is 365 g/mol. The van der Waals surface area contributed by atoms with E-state index in [2.05, 4.69) is 15.6 Å². The lowest BCUT2D eigenvalue weighted by molar-refractivity contribution is 0.0943. The van der Waals surface area contributed by atoms with Crippen molar-refractivity contribution < 1.29 is 13.9 Å². The molecule has 0 fully saturated rings. The summed E-state index contributed by atoms with van der Waals surface area (Å²) >= 11 is 1.25. The van der Waals surface area contributed by atoms with Crippen LogP contribution in [0.15, 0.2) is 48.5 Å². The molecule has 0 saturated heterocycles. The van der Waals surface area contributed by atoms with Crippen LogP contribution < -0.4 is 15.4 Å². The van der Waals surface area contributed by atoms with Crippen molar-refractivity contribution in [1.82, 2.24) is 10.3 Å². The van der Waals surface area contributed by atoms with E-state index in [0.29, 0.717) is 21.4 Å². The van der Waals surface area contributed by atoms with Crippen LogP contribution in [0.2, 0.25) is 0 Å². The fourth-order valence-electron chi connectivity index (χ4n) is 2.68. The van der Waals surface area contributed by atoms with Crippen molar-refractivity contribution in [3.63, 3.8) is 0 Å². The molecule has 1 amide bonds. The van der Waals surface area contributed by atoms with Crippen LogP contribution in [0.3, 0.4) is 0 Å². The van der Waals surface area contributed by atoms with Gasteiger partial charge in [-0.25, -0.2) is 9.37 Å². The second-order valence-electron chi connectivity index (χ2n) is 6.00. The number of carbonyl (C=O) groups is 1. The standard InChI is InChI=1S/C20H20FN3O2S/c1-12(16-6-4-5-7-17(16)26-3)22-19(25)18-13(2)23-20(27-18)24-15-10-8-14(21)9-11-15/h4-12H,1-3H3,(H,22,25)(H,23,24). The Morgan fingerprint density at radius 2 is 1.89 bits per heavy atom. The molecule has 3 aromatic rings. The van der Waals surface area contributed by atoms with Crippen molar-refractivity contribution in [3.8, 4) is 5.75 Å². The van der Waals surface area contributed by atoms with Gasteiger partial charge >= 0.3 is 0 Å². The molecule has 0 saturated carbocycles. The van der Waals surface area contributed by atoms with Gasteiger partial charge in [0.15, 0.2) is 5.13 Å². The summed E-state index contributed by atoms with van der Waals surface area (Å²) in [4.78, 5) is 17.6. The Morgan fingerprint density at radius 3 is 2.59 bits per heavy atom. The number of hydrogen-bond donors (Lipinski definition) is 2. The van der Waals surface area contributed by atoms with Crippen molar-refractivity contribution in [3.05, 3.63) is 70.5 Å². The number of thiazole rings is 1. The average Bonchev–Trinajstić information content (AvgIpc) is 3.03. The topological polar surface area (TPSA) is 63.2 Å². The molecule has 140 valence electrons. The van der Waals surface area contributed by atoms with Crippen molar-refractivity contribution >= 4 is 28.1 Å². The molecule has 1 aromatic heterocycles. The molecule has 1 heterocycles. The second-order valence-corrected chi connectivity index (χ2v) is 7.00. The first-order chi connectivity index (χ1) is 13.0. The van der Waals surface area contributed by atoms with Crippen molar-refractivity contribution in [2.45, 2.75) is 19.9 Å². The third-order valence-electron chi connectivity index (χ3n) is 4.05. The summed E-state index contributed by atoms with van der Waals surface area (Å²) in [5, 5.41) is 6.66. The number of methoxy groups -OCH3 is 1. The number of benzene rings is 2. The second kappa shape index (κ2) is 8.18. The van der Waals surface area contributed by atoms with Crippen LogP contribution in [0.25, 0.3) is 0 Å². The Bertz CT molecular complexity index is 941. The molecule has 27 heavy (non-hydrogen) atoms. The maximum atomic E-state index is 13.0. The fraction of sp³-hybridized carbons (Fsp3) is 0.200. The number of amides is 1. The van der Waals surface area contributed by atoms with Gasteiger partial charge in [0.1, 0.15) is 16.4 Å². The molecule has 0 aliphatic rings. The molecule has 1 atom stereocenters.